The van der Waals surface area contributed by atoms with E-state index in [1.807, 2.05) is 30.5 Å². The number of thioether (sulfide) groups is 1. The van der Waals surface area contributed by atoms with Crippen molar-refractivity contribution < 1.29 is 14.6 Å². The minimum atomic E-state index is -0.892. The number of carboxylic acid groups (broad SMARTS) is 1. The third kappa shape index (κ3) is 4.59. The third-order valence-corrected chi connectivity index (χ3v) is 4.07. The highest BCUT2D eigenvalue weighted by atomic mass is 32.2. The molecule has 1 aromatic heterocycles. The lowest BCUT2D eigenvalue weighted by Gasteiger charge is -2.11. The van der Waals surface area contributed by atoms with Gasteiger partial charge in [-0.3, -0.25) is 9.36 Å². The van der Waals surface area contributed by atoms with Crippen molar-refractivity contribution in [3.63, 3.8) is 0 Å². The van der Waals surface area contributed by atoms with Crippen LogP contribution in [0, 0.1) is 13.8 Å². The number of aryl methyl sites for hydroxylation is 2. The molecule has 0 amide bonds. The number of aliphatic carboxylic acids is 1. The first kappa shape index (κ1) is 17.1. The fraction of sp³-hybridized carbons (Fsp3) is 0.312. The summed E-state index contributed by atoms with van der Waals surface area (Å²) in [4.78, 5) is 10.7. The summed E-state index contributed by atoms with van der Waals surface area (Å²) in [6.45, 7) is 8.50. The normalized spacial score (nSPS) is 10.5. The Morgan fingerprint density at radius 1 is 1.43 bits per heavy atom. The van der Waals surface area contributed by atoms with Gasteiger partial charge in [0.05, 0.1) is 5.75 Å². The largest absolute Gasteiger partial charge is 0.485 e. The number of benzene rings is 1. The summed E-state index contributed by atoms with van der Waals surface area (Å²) >= 11 is 1.13. The second-order valence-electron chi connectivity index (χ2n) is 5.04. The van der Waals surface area contributed by atoms with E-state index in [0.29, 0.717) is 17.5 Å². The number of aromatic nitrogens is 3. The molecule has 0 bridgehead atoms. The Hall–Kier alpha value is -2.28. The van der Waals surface area contributed by atoms with E-state index in [2.05, 4.69) is 22.8 Å². The maximum absolute atomic E-state index is 10.7. The number of allylic oxidation sites excluding steroid dienone is 1. The molecule has 0 radical (unpaired) electrons. The molecule has 1 heterocycles. The molecule has 6 nitrogen and oxygen atoms in total. The number of rotatable bonds is 8. The Bertz CT molecular complexity index is 713. The molecular weight excluding hydrogens is 314 g/mol. The van der Waals surface area contributed by atoms with Crippen molar-refractivity contribution in [2.24, 2.45) is 0 Å². The lowest BCUT2D eigenvalue weighted by atomic mass is 10.1. The third-order valence-electron chi connectivity index (χ3n) is 3.12. The topological polar surface area (TPSA) is 77.2 Å². The minimum absolute atomic E-state index is 0.0623. The van der Waals surface area contributed by atoms with E-state index in [0.717, 1.165) is 23.1 Å². The van der Waals surface area contributed by atoms with Gasteiger partial charge in [0.25, 0.3) is 0 Å². The van der Waals surface area contributed by atoms with E-state index in [4.69, 9.17) is 9.84 Å². The molecule has 0 spiro atoms. The first-order valence-corrected chi connectivity index (χ1v) is 8.07. The SMILES string of the molecule is C=CCn1c(COc2ccc(C)cc2C)nnc1SCC(=O)O. The van der Waals surface area contributed by atoms with Gasteiger partial charge in [-0.05, 0) is 25.5 Å². The first-order valence-electron chi connectivity index (χ1n) is 7.09. The number of nitrogens with zero attached hydrogens (tertiary/aromatic N) is 3. The van der Waals surface area contributed by atoms with Crippen molar-refractivity contribution in [2.45, 2.75) is 32.2 Å². The van der Waals surface area contributed by atoms with Crippen molar-refractivity contribution in [1.29, 1.82) is 0 Å². The van der Waals surface area contributed by atoms with Crippen molar-refractivity contribution in [1.82, 2.24) is 14.8 Å². The van der Waals surface area contributed by atoms with E-state index in [-0.39, 0.29) is 12.4 Å². The molecule has 0 unspecified atom stereocenters. The zero-order valence-electron chi connectivity index (χ0n) is 13.2. The summed E-state index contributed by atoms with van der Waals surface area (Å²) in [5.41, 5.74) is 2.23. The molecule has 1 aromatic carbocycles. The fourth-order valence-corrected chi connectivity index (χ4v) is 2.76. The van der Waals surface area contributed by atoms with Crippen LogP contribution in [0.5, 0.6) is 5.75 Å². The predicted octanol–water partition coefficient (Wildman–Crippen LogP) is 2.84. The lowest BCUT2D eigenvalue weighted by molar-refractivity contribution is -0.133. The monoisotopic (exact) mass is 333 g/mol. The van der Waals surface area contributed by atoms with Gasteiger partial charge in [-0.1, -0.05) is 35.5 Å². The highest BCUT2D eigenvalue weighted by Gasteiger charge is 2.14. The molecule has 0 aliphatic heterocycles. The van der Waals surface area contributed by atoms with E-state index < -0.39 is 5.97 Å². The molecular formula is C16H19N3O3S. The van der Waals surface area contributed by atoms with Gasteiger partial charge >= 0.3 is 5.97 Å². The van der Waals surface area contributed by atoms with E-state index >= 15 is 0 Å². The van der Waals surface area contributed by atoms with Crippen LogP contribution in [0.15, 0.2) is 36.0 Å². The van der Waals surface area contributed by atoms with Gasteiger partial charge in [-0.25, -0.2) is 0 Å². The zero-order chi connectivity index (χ0) is 16.8. The molecule has 23 heavy (non-hydrogen) atoms. The summed E-state index contributed by atoms with van der Waals surface area (Å²) in [6.07, 6.45) is 1.72. The molecule has 0 saturated carbocycles. The summed E-state index contributed by atoms with van der Waals surface area (Å²) in [5.74, 6) is 0.477. The molecule has 2 aromatic rings. The van der Waals surface area contributed by atoms with Gasteiger partial charge in [-0.2, -0.15) is 0 Å². The molecule has 0 atom stereocenters. The van der Waals surface area contributed by atoms with E-state index in [1.165, 1.54) is 5.56 Å². The summed E-state index contributed by atoms with van der Waals surface area (Å²) in [6, 6.07) is 5.97. The minimum Gasteiger partial charge on any atom is -0.485 e. The molecule has 1 N–H and O–H groups in total. The van der Waals surface area contributed by atoms with Crippen molar-refractivity contribution in [3.8, 4) is 5.75 Å². The van der Waals surface area contributed by atoms with Crippen LogP contribution in [0.3, 0.4) is 0 Å². The summed E-state index contributed by atoms with van der Waals surface area (Å²) in [7, 11) is 0. The quantitative estimate of drug-likeness (QED) is 0.591. The van der Waals surface area contributed by atoms with Crippen LogP contribution in [-0.2, 0) is 17.9 Å². The lowest BCUT2D eigenvalue weighted by Crippen LogP contribution is -2.08. The molecule has 0 aliphatic carbocycles. The highest BCUT2D eigenvalue weighted by molar-refractivity contribution is 7.99. The summed E-state index contributed by atoms with van der Waals surface area (Å²) < 4.78 is 7.63. The van der Waals surface area contributed by atoms with Gasteiger partial charge < -0.3 is 9.84 Å². The van der Waals surface area contributed by atoms with Gasteiger partial charge in [0, 0.05) is 6.54 Å². The molecule has 0 saturated heterocycles. The Kier molecular flexibility index (Phi) is 5.81. The smallest absolute Gasteiger partial charge is 0.313 e. The van der Waals surface area contributed by atoms with E-state index in [9.17, 15) is 4.79 Å². The van der Waals surface area contributed by atoms with Gasteiger partial charge in [0.1, 0.15) is 12.4 Å². The number of hydrogen-bond donors (Lipinski definition) is 1. The van der Waals surface area contributed by atoms with Crippen LogP contribution in [0.25, 0.3) is 0 Å². The maximum Gasteiger partial charge on any atom is 0.313 e. The average molecular weight is 333 g/mol. The van der Waals surface area contributed by atoms with Gasteiger partial charge in [0.15, 0.2) is 11.0 Å². The van der Waals surface area contributed by atoms with Crippen molar-refractivity contribution in [3.05, 3.63) is 47.8 Å². The van der Waals surface area contributed by atoms with Crippen LogP contribution < -0.4 is 4.74 Å². The maximum atomic E-state index is 10.7. The van der Waals surface area contributed by atoms with Crippen LogP contribution >= 0.6 is 11.8 Å². The fourth-order valence-electron chi connectivity index (χ4n) is 2.07. The average Bonchev–Trinajstić information content (AvgIpc) is 2.87. The standard InChI is InChI=1S/C16H19N3O3S/c1-4-7-19-14(17-18-16(19)23-10-15(20)21)9-22-13-6-5-11(2)8-12(13)3/h4-6,8H,1,7,9-10H2,2-3H3,(H,20,21). The van der Waals surface area contributed by atoms with Crippen LogP contribution in [-0.4, -0.2) is 31.6 Å². The molecule has 0 fully saturated rings. The van der Waals surface area contributed by atoms with Crippen molar-refractivity contribution >= 4 is 17.7 Å². The van der Waals surface area contributed by atoms with E-state index in [1.54, 1.807) is 6.08 Å². The Morgan fingerprint density at radius 2 is 2.22 bits per heavy atom. The molecule has 2 rings (SSSR count). The number of carboxylic acids is 1. The molecule has 0 aliphatic rings. The van der Waals surface area contributed by atoms with Crippen LogP contribution in [0.2, 0.25) is 0 Å². The Morgan fingerprint density at radius 3 is 2.87 bits per heavy atom. The molecule has 7 heteroatoms. The Labute approximate surface area is 139 Å². The van der Waals surface area contributed by atoms with Gasteiger partial charge in [-0.15, -0.1) is 16.8 Å². The predicted molar refractivity (Wildman–Crippen MR) is 88.8 cm³/mol. The van der Waals surface area contributed by atoms with Crippen LogP contribution in [0.4, 0.5) is 0 Å². The zero-order valence-corrected chi connectivity index (χ0v) is 14.0. The summed E-state index contributed by atoms with van der Waals surface area (Å²) in [5, 5.41) is 17.5. The number of carbonyl (C=O) groups is 1. The molecule has 122 valence electrons. The second kappa shape index (κ2) is 7.82. The number of hydrogen-bond acceptors (Lipinski definition) is 5. The second-order valence-corrected chi connectivity index (χ2v) is 5.98. The first-order chi connectivity index (χ1) is 11.0. The van der Waals surface area contributed by atoms with Crippen LogP contribution in [0.1, 0.15) is 17.0 Å². The van der Waals surface area contributed by atoms with Crippen molar-refractivity contribution in [2.75, 3.05) is 5.75 Å². The highest BCUT2D eigenvalue weighted by Crippen LogP contribution is 2.21. The number of ether oxygens (including phenoxy) is 1. The Balaban J connectivity index is 2.12. The van der Waals surface area contributed by atoms with Gasteiger partial charge in [0.2, 0.25) is 0 Å².